The van der Waals surface area contributed by atoms with Gasteiger partial charge in [-0.1, -0.05) is 113 Å². The highest BCUT2D eigenvalue weighted by Crippen LogP contribution is 2.43. The molecule has 0 aliphatic heterocycles. The van der Waals surface area contributed by atoms with E-state index in [1.54, 1.807) is 0 Å². The number of esters is 1. The SMILES string of the molecule is CC/C=C\C/C=C\C/C=C\CCCCCC(=O)NC(COP(=O)(O)OCC(O)COC(=O)CCCCCCC/C=C\C/C=C\CCCCC)C(=O)O. The summed E-state index contributed by atoms with van der Waals surface area (Å²) in [4.78, 5) is 45.7. The lowest BCUT2D eigenvalue weighted by molar-refractivity contribution is -0.147. The number of carboxylic acids is 1. The molecule has 298 valence electrons. The zero-order valence-corrected chi connectivity index (χ0v) is 32.7. The Morgan fingerprint density at radius 2 is 1.12 bits per heavy atom. The van der Waals surface area contributed by atoms with Gasteiger partial charge in [0, 0.05) is 12.8 Å². The molecular weight excluding hydrogens is 685 g/mol. The molecule has 0 radical (unpaired) electrons. The summed E-state index contributed by atoms with van der Waals surface area (Å²) in [7, 11) is -4.76. The summed E-state index contributed by atoms with van der Waals surface area (Å²) in [6.45, 7) is 2.38. The van der Waals surface area contributed by atoms with Gasteiger partial charge in [-0.05, 0) is 77.0 Å². The molecule has 0 rings (SSSR count). The van der Waals surface area contributed by atoms with E-state index in [-0.39, 0.29) is 12.8 Å². The summed E-state index contributed by atoms with van der Waals surface area (Å²) < 4.78 is 26.7. The Labute approximate surface area is 313 Å². The van der Waals surface area contributed by atoms with Gasteiger partial charge in [0.25, 0.3) is 0 Å². The summed E-state index contributed by atoms with van der Waals surface area (Å²) in [6, 6.07) is -1.56. The summed E-state index contributed by atoms with van der Waals surface area (Å²) in [5, 5.41) is 21.7. The van der Waals surface area contributed by atoms with E-state index in [0.717, 1.165) is 83.5 Å². The minimum absolute atomic E-state index is 0.106. The fraction of sp³-hybridized carbons (Fsp3) is 0.675. The molecule has 0 saturated heterocycles. The number of carbonyl (C=O) groups excluding carboxylic acids is 2. The first-order valence-electron chi connectivity index (χ1n) is 19.3. The topological polar surface area (TPSA) is 169 Å². The standard InChI is InChI=1S/C40H68NO10P/c1-3-5-7-9-11-13-15-17-18-20-22-24-26-28-30-32-39(44)49-33-36(42)34-50-52(47,48)51-35-37(40(45)46)41-38(43)31-29-27-25-23-21-19-16-14-12-10-8-6-4-2/h6,8,11-14,17-19,21,36-37,42H,3-5,7,9-10,15-16,20,22-35H2,1-2H3,(H,41,43)(H,45,46)(H,47,48)/b8-6-,13-11-,14-12-,18-17-,21-19-. The van der Waals surface area contributed by atoms with E-state index >= 15 is 0 Å². The fourth-order valence-corrected chi connectivity index (χ4v) is 5.54. The molecule has 0 aromatic carbocycles. The predicted molar refractivity (Wildman–Crippen MR) is 208 cm³/mol. The number of phosphoric ester groups is 1. The molecule has 11 nitrogen and oxygen atoms in total. The lowest BCUT2D eigenvalue weighted by atomic mass is 10.1. The number of rotatable bonds is 35. The highest BCUT2D eigenvalue weighted by molar-refractivity contribution is 7.47. The maximum Gasteiger partial charge on any atom is 0.472 e. The Morgan fingerprint density at radius 1 is 0.635 bits per heavy atom. The minimum atomic E-state index is -4.76. The molecule has 0 aromatic rings. The van der Waals surface area contributed by atoms with E-state index < -0.39 is 57.6 Å². The van der Waals surface area contributed by atoms with Crippen molar-refractivity contribution in [2.45, 2.75) is 154 Å². The number of ether oxygens (including phenoxy) is 1. The molecule has 52 heavy (non-hydrogen) atoms. The van der Waals surface area contributed by atoms with Gasteiger partial charge in [-0.2, -0.15) is 0 Å². The Kier molecular flexibility index (Phi) is 33.3. The van der Waals surface area contributed by atoms with Crippen molar-refractivity contribution in [3.05, 3.63) is 60.8 Å². The van der Waals surface area contributed by atoms with Gasteiger partial charge in [0.15, 0.2) is 6.04 Å². The predicted octanol–water partition coefficient (Wildman–Crippen LogP) is 9.22. The maximum atomic E-state index is 12.2. The third-order valence-corrected chi connectivity index (χ3v) is 8.74. The first-order valence-corrected chi connectivity index (χ1v) is 20.8. The number of hydrogen-bond acceptors (Lipinski definition) is 8. The number of hydrogen-bond donors (Lipinski definition) is 4. The Hall–Kier alpha value is -2.82. The molecule has 1 amide bonds. The van der Waals surface area contributed by atoms with Crippen LogP contribution in [0.15, 0.2) is 60.8 Å². The number of amides is 1. The van der Waals surface area contributed by atoms with Crippen LogP contribution in [0, 0.1) is 0 Å². The van der Waals surface area contributed by atoms with Gasteiger partial charge in [0.1, 0.15) is 12.7 Å². The van der Waals surface area contributed by atoms with Gasteiger partial charge in [0.05, 0.1) is 13.2 Å². The van der Waals surface area contributed by atoms with Crippen molar-refractivity contribution >= 4 is 25.7 Å². The monoisotopic (exact) mass is 753 g/mol. The summed E-state index contributed by atoms with van der Waals surface area (Å²) in [5.41, 5.74) is 0. The normalized spacial score (nSPS) is 14.5. The first kappa shape index (κ1) is 49.2. The average Bonchev–Trinajstić information content (AvgIpc) is 3.11. The highest BCUT2D eigenvalue weighted by Gasteiger charge is 2.28. The Balaban J connectivity index is 4.02. The van der Waals surface area contributed by atoms with Gasteiger partial charge >= 0.3 is 19.8 Å². The third-order valence-electron chi connectivity index (χ3n) is 7.79. The van der Waals surface area contributed by atoms with E-state index in [4.69, 9.17) is 13.8 Å². The van der Waals surface area contributed by atoms with Crippen molar-refractivity contribution in [2.75, 3.05) is 19.8 Å². The number of carbonyl (C=O) groups is 3. The van der Waals surface area contributed by atoms with Crippen LogP contribution in [0.25, 0.3) is 0 Å². The summed E-state index contributed by atoms with van der Waals surface area (Å²) in [5.74, 6) is -2.44. The van der Waals surface area contributed by atoms with Gasteiger partial charge < -0.3 is 25.2 Å². The van der Waals surface area contributed by atoms with Crippen LogP contribution in [0.1, 0.15) is 142 Å². The second-order valence-electron chi connectivity index (χ2n) is 12.7. The molecule has 0 aliphatic rings. The third kappa shape index (κ3) is 34.3. The Morgan fingerprint density at radius 3 is 1.69 bits per heavy atom. The van der Waals surface area contributed by atoms with E-state index in [1.165, 1.54) is 19.3 Å². The first-order chi connectivity index (χ1) is 25.1. The van der Waals surface area contributed by atoms with Crippen molar-refractivity contribution < 1.29 is 47.8 Å². The van der Waals surface area contributed by atoms with Crippen LogP contribution in [-0.4, -0.2) is 64.9 Å². The summed E-state index contributed by atoms with van der Waals surface area (Å²) in [6.07, 6.45) is 38.3. The van der Waals surface area contributed by atoms with Crippen LogP contribution >= 0.6 is 7.82 Å². The second-order valence-corrected chi connectivity index (χ2v) is 14.2. The van der Waals surface area contributed by atoms with Crippen molar-refractivity contribution in [2.24, 2.45) is 0 Å². The van der Waals surface area contributed by atoms with Crippen molar-refractivity contribution in [1.29, 1.82) is 0 Å². The zero-order valence-electron chi connectivity index (χ0n) is 31.8. The molecule has 12 heteroatoms. The van der Waals surface area contributed by atoms with Gasteiger partial charge in [-0.15, -0.1) is 0 Å². The van der Waals surface area contributed by atoms with Crippen LogP contribution in [0.2, 0.25) is 0 Å². The van der Waals surface area contributed by atoms with E-state index in [0.29, 0.717) is 12.8 Å². The molecule has 3 atom stereocenters. The molecule has 0 heterocycles. The maximum absolute atomic E-state index is 12.2. The molecule has 0 aromatic heterocycles. The largest absolute Gasteiger partial charge is 0.480 e. The molecule has 0 saturated carbocycles. The summed E-state index contributed by atoms with van der Waals surface area (Å²) >= 11 is 0. The van der Waals surface area contributed by atoms with Crippen molar-refractivity contribution in [3.63, 3.8) is 0 Å². The van der Waals surface area contributed by atoms with E-state index in [1.807, 2.05) is 0 Å². The fourth-order valence-electron chi connectivity index (χ4n) is 4.77. The second kappa shape index (κ2) is 35.2. The number of aliphatic hydroxyl groups excluding tert-OH is 1. The van der Waals surface area contributed by atoms with E-state index in [9.17, 15) is 34.1 Å². The van der Waals surface area contributed by atoms with Gasteiger partial charge in [-0.25, -0.2) is 9.36 Å². The number of nitrogens with one attached hydrogen (secondary N) is 1. The number of carboxylic acid groups (broad SMARTS) is 1. The number of aliphatic carboxylic acids is 1. The quantitative estimate of drug-likeness (QED) is 0.0212. The lowest BCUT2D eigenvalue weighted by Crippen LogP contribution is -2.43. The van der Waals surface area contributed by atoms with Crippen molar-refractivity contribution in [1.82, 2.24) is 5.32 Å². The van der Waals surface area contributed by atoms with Crippen LogP contribution in [0.3, 0.4) is 0 Å². The van der Waals surface area contributed by atoms with Crippen LogP contribution in [-0.2, 0) is 32.7 Å². The number of aliphatic hydroxyl groups is 1. The van der Waals surface area contributed by atoms with Gasteiger partial charge in [-0.3, -0.25) is 18.6 Å². The van der Waals surface area contributed by atoms with Crippen LogP contribution in [0.4, 0.5) is 0 Å². The highest BCUT2D eigenvalue weighted by atomic mass is 31.2. The van der Waals surface area contributed by atoms with Gasteiger partial charge in [0.2, 0.25) is 5.91 Å². The number of unbranched alkanes of at least 4 members (excludes halogenated alkanes) is 11. The molecule has 4 N–H and O–H groups in total. The molecule has 0 aliphatic carbocycles. The molecule has 3 unspecified atom stereocenters. The molecule has 0 bridgehead atoms. The zero-order chi connectivity index (χ0) is 38.5. The minimum Gasteiger partial charge on any atom is -0.480 e. The molecular formula is C40H68NO10P. The van der Waals surface area contributed by atoms with Crippen LogP contribution < -0.4 is 5.32 Å². The smallest absolute Gasteiger partial charge is 0.472 e. The average molecular weight is 754 g/mol. The molecule has 0 fully saturated rings. The van der Waals surface area contributed by atoms with Crippen molar-refractivity contribution in [3.8, 4) is 0 Å². The van der Waals surface area contributed by atoms with Crippen LogP contribution in [0.5, 0.6) is 0 Å². The number of phosphoric acid groups is 1. The van der Waals surface area contributed by atoms with E-state index in [2.05, 4.69) is 79.9 Å². The lowest BCUT2D eigenvalue weighted by Gasteiger charge is -2.18. The molecule has 0 spiro atoms. The number of allylic oxidation sites excluding steroid dienone is 10. The Bertz CT molecular complexity index is 1120.